The van der Waals surface area contributed by atoms with Gasteiger partial charge in [-0.05, 0) is 30.2 Å². The number of aliphatic hydroxyl groups excluding tert-OH is 1. The number of methoxy groups -OCH3 is 1. The van der Waals surface area contributed by atoms with Crippen LogP contribution in [0.25, 0.3) is 0 Å². The van der Waals surface area contributed by atoms with Crippen molar-refractivity contribution in [3.8, 4) is 5.75 Å². The number of hydrogen-bond donors (Lipinski definition) is 1. The number of nitrogens with zero attached hydrogens (tertiary/aromatic N) is 5. The van der Waals surface area contributed by atoms with Crippen LogP contribution in [-0.4, -0.2) is 56.1 Å². The van der Waals surface area contributed by atoms with Crippen molar-refractivity contribution in [3.63, 3.8) is 0 Å². The predicted octanol–water partition coefficient (Wildman–Crippen LogP) is 1.77. The highest BCUT2D eigenvalue weighted by Gasteiger charge is 2.31. The van der Waals surface area contributed by atoms with Crippen molar-refractivity contribution in [2.24, 2.45) is 5.92 Å². The third-order valence-corrected chi connectivity index (χ3v) is 5.21. The molecule has 0 amide bonds. The third kappa shape index (κ3) is 4.37. The largest absolute Gasteiger partial charge is 0.496 e. The maximum Gasteiger partial charge on any atom is 0.123 e. The zero-order valence-electron chi connectivity index (χ0n) is 16.0. The summed E-state index contributed by atoms with van der Waals surface area (Å²) in [5, 5.41) is 14.8. The van der Waals surface area contributed by atoms with Crippen molar-refractivity contribution in [2.45, 2.75) is 25.6 Å². The molecule has 1 fully saturated rings. The Hall–Kier alpha value is -2.77. The van der Waals surface area contributed by atoms with Crippen LogP contribution in [0.1, 0.15) is 16.8 Å². The molecule has 3 aromatic rings. The highest BCUT2D eigenvalue weighted by atomic mass is 16.5. The SMILES string of the molecule is COc1ccc(CN2C[C@@H](Cc3cnccn3)[C@H](O)C2)cc1Cn1cccn1. The topological polar surface area (TPSA) is 76.3 Å². The van der Waals surface area contributed by atoms with E-state index in [4.69, 9.17) is 4.74 Å². The van der Waals surface area contributed by atoms with Gasteiger partial charge in [-0.1, -0.05) is 6.07 Å². The molecule has 1 aromatic carbocycles. The van der Waals surface area contributed by atoms with Gasteiger partial charge in [0.05, 0.1) is 25.5 Å². The zero-order valence-corrected chi connectivity index (χ0v) is 16.0. The first-order chi connectivity index (χ1) is 13.7. The highest BCUT2D eigenvalue weighted by Crippen LogP contribution is 2.25. The van der Waals surface area contributed by atoms with E-state index in [1.165, 1.54) is 5.56 Å². The Labute approximate surface area is 164 Å². The number of aromatic nitrogens is 4. The van der Waals surface area contributed by atoms with Crippen LogP contribution in [0.2, 0.25) is 0 Å². The summed E-state index contributed by atoms with van der Waals surface area (Å²) >= 11 is 0. The van der Waals surface area contributed by atoms with Crippen molar-refractivity contribution in [1.82, 2.24) is 24.6 Å². The van der Waals surface area contributed by atoms with Gasteiger partial charge in [0.15, 0.2) is 0 Å². The van der Waals surface area contributed by atoms with E-state index >= 15 is 0 Å². The molecule has 0 unspecified atom stereocenters. The van der Waals surface area contributed by atoms with Gasteiger partial charge in [-0.2, -0.15) is 5.10 Å². The van der Waals surface area contributed by atoms with Gasteiger partial charge in [-0.3, -0.25) is 19.5 Å². The molecule has 1 N–H and O–H groups in total. The minimum atomic E-state index is -0.344. The predicted molar refractivity (Wildman–Crippen MR) is 105 cm³/mol. The maximum atomic E-state index is 10.5. The lowest BCUT2D eigenvalue weighted by atomic mass is 10.0. The summed E-state index contributed by atoms with van der Waals surface area (Å²) in [6.45, 7) is 2.98. The van der Waals surface area contributed by atoms with E-state index < -0.39 is 0 Å². The van der Waals surface area contributed by atoms with Crippen molar-refractivity contribution < 1.29 is 9.84 Å². The van der Waals surface area contributed by atoms with Crippen LogP contribution >= 0.6 is 0 Å². The molecule has 0 saturated carbocycles. The Morgan fingerprint density at radius 1 is 1.18 bits per heavy atom. The second-order valence-corrected chi connectivity index (χ2v) is 7.27. The van der Waals surface area contributed by atoms with Crippen LogP contribution in [0, 0.1) is 5.92 Å². The van der Waals surface area contributed by atoms with Crippen molar-refractivity contribution in [1.29, 1.82) is 0 Å². The Morgan fingerprint density at radius 3 is 2.86 bits per heavy atom. The molecule has 2 atom stereocenters. The van der Waals surface area contributed by atoms with Gasteiger partial charge in [-0.25, -0.2) is 0 Å². The van der Waals surface area contributed by atoms with Crippen LogP contribution in [0.3, 0.4) is 0 Å². The molecule has 146 valence electrons. The minimum Gasteiger partial charge on any atom is -0.496 e. The summed E-state index contributed by atoms with van der Waals surface area (Å²) in [4.78, 5) is 10.8. The standard InChI is InChI=1S/C21H25N5O2/c1-28-21-4-3-16(9-18(21)14-26-8-2-5-24-26)12-25-13-17(20(27)15-25)10-19-11-22-6-7-23-19/h2-9,11,17,20,27H,10,12-15H2,1H3/t17-,20-/m1/s1. The van der Waals surface area contributed by atoms with Gasteiger partial charge < -0.3 is 9.84 Å². The normalized spacial score (nSPS) is 19.8. The number of likely N-dealkylation sites (tertiary alicyclic amines) is 1. The van der Waals surface area contributed by atoms with Crippen LogP contribution in [0.5, 0.6) is 5.75 Å². The third-order valence-electron chi connectivity index (χ3n) is 5.21. The number of aliphatic hydroxyl groups is 1. The molecule has 7 nitrogen and oxygen atoms in total. The zero-order chi connectivity index (χ0) is 19.3. The molecular weight excluding hydrogens is 354 g/mol. The lowest BCUT2D eigenvalue weighted by molar-refractivity contribution is 0.140. The molecule has 0 radical (unpaired) electrons. The summed E-state index contributed by atoms with van der Waals surface area (Å²) in [6, 6.07) is 8.19. The fourth-order valence-corrected chi connectivity index (χ4v) is 3.86. The molecule has 0 bridgehead atoms. The Kier molecular flexibility index (Phi) is 5.64. The second kappa shape index (κ2) is 8.50. The molecule has 2 aromatic heterocycles. The van der Waals surface area contributed by atoms with Gasteiger partial charge in [0.25, 0.3) is 0 Å². The average Bonchev–Trinajstić information content (AvgIpc) is 3.33. The van der Waals surface area contributed by atoms with E-state index in [2.05, 4.69) is 32.1 Å². The molecule has 7 heteroatoms. The molecular formula is C21H25N5O2. The van der Waals surface area contributed by atoms with Gasteiger partial charge in [-0.15, -0.1) is 0 Å². The molecule has 28 heavy (non-hydrogen) atoms. The first kappa shape index (κ1) is 18.6. The summed E-state index contributed by atoms with van der Waals surface area (Å²) in [5.74, 6) is 1.04. The van der Waals surface area contributed by atoms with Crippen molar-refractivity contribution >= 4 is 0 Å². The fraction of sp³-hybridized carbons (Fsp3) is 0.381. The molecule has 4 rings (SSSR count). The first-order valence-electron chi connectivity index (χ1n) is 9.50. The number of rotatable bonds is 7. The maximum absolute atomic E-state index is 10.5. The van der Waals surface area contributed by atoms with Crippen LogP contribution in [0.15, 0.2) is 55.2 Å². The summed E-state index contributed by atoms with van der Waals surface area (Å²) in [6.07, 6.45) is 9.28. The molecule has 0 aliphatic carbocycles. The number of benzene rings is 1. The Bertz CT molecular complexity index is 885. The van der Waals surface area contributed by atoms with Crippen LogP contribution in [0.4, 0.5) is 0 Å². The number of ether oxygens (including phenoxy) is 1. The van der Waals surface area contributed by atoms with E-state index in [0.29, 0.717) is 13.1 Å². The Morgan fingerprint density at radius 2 is 2.11 bits per heavy atom. The van der Waals surface area contributed by atoms with Gasteiger partial charge in [0.1, 0.15) is 5.75 Å². The number of β-amino-alcohol motifs (C(OH)–C–C–N with tert-alkyl or cyclic N) is 1. The number of hydrogen-bond acceptors (Lipinski definition) is 6. The van der Waals surface area contributed by atoms with E-state index in [9.17, 15) is 5.11 Å². The first-order valence-corrected chi connectivity index (χ1v) is 9.50. The molecule has 0 spiro atoms. The van der Waals surface area contributed by atoms with E-state index in [1.54, 1.807) is 31.9 Å². The summed E-state index contributed by atoms with van der Waals surface area (Å²) in [5.41, 5.74) is 3.23. The van der Waals surface area contributed by atoms with Crippen LogP contribution < -0.4 is 4.74 Å². The molecule has 1 aliphatic rings. The Balaban J connectivity index is 1.42. The van der Waals surface area contributed by atoms with Gasteiger partial charge >= 0.3 is 0 Å². The minimum absolute atomic E-state index is 0.179. The highest BCUT2D eigenvalue weighted by molar-refractivity contribution is 5.37. The smallest absolute Gasteiger partial charge is 0.123 e. The average molecular weight is 379 g/mol. The van der Waals surface area contributed by atoms with E-state index in [-0.39, 0.29) is 12.0 Å². The lowest BCUT2D eigenvalue weighted by Crippen LogP contribution is -2.21. The quantitative estimate of drug-likeness (QED) is 0.674. The van der Waals surface area contributed by atoms with Gasteiger partial charge in [0, 0.05) is 62.1 Å². The van der Waals surface area contributed by atoms with Gasteiger partial charge in [0.2, 0.25) is 0 Å². The molecule has 3 heterocycles. The van der Waals surface area contributed by atoms with E-state index in [0.717, 1.165) is 36.5 Å². The molecule has 1 saturated heterocycles. The second-order valence-electron chi connectivity index (χ2n) is 7.27. The molecule has 1 aliphatic heterocycles. The fourth-order valence-electron chi connectivity index (χ4n) is 3.86. The van der Waals surface area contributed by atoms with Crippen LogP contribution in [-0.2, 0) is 19.5 Å². The van der Waals surface area contributed by atoms with Crippen molar-refractivity contribution in [3.05, 3.63) is 72.1 Å². The summed E-state index contributed by atoms with van der Waals surface area (Å²) in [7, 11) is 1.69. The summed E-state index contributed by atoms with van der Waals surface area (Å²) < 4.78 is 7.40. The van der Waals surface area contributed by atoms with E-state index in [1.807, 2.05) is 23.0 Å². The van der Waals surface area contributed by atoms with Crippen molar-refractivity contribution in [2.75, 3.05) is 20.2 Å². The lowest BCUT2D eigenvalue weighted by Gasteiger charge is -2.17. The monoisotopic (exact) mass is 379 g/mol.